The molecule has 3 N–H and O–H groups in total. The fourth-order valence-electron chi connectivity index (χ4n) is 4.84. The van der Waals surface area contributed by atoms with E-state index in [4.69, 9.17) is 0 Å². The molecule has 192 valence electrons. The number of nitrogens with zero attached hydrogens (tertiary/aromatic N) is 2. The molecule has 0 saturated carbocycles. The fourth-order valence-corrected chi connectivity index (χ4v) is 12.0. The van der Waals surface area contributed by atoms with Crippen LogP contribution in [0.1, 0.15) is 37.1 Å². The van der Waals surface area contributed by atoms with E-state index in [1.54, 1.807) is 45.0 Å². The first-order valence-electron chi connectivity index (χ1n) is 11.0. The lowest BCUT2D eigenvalue weighted by Gasteiger charge is -2.61. The number of carbonyl (C=O) groups is 3. The highest BCUT2D eigenvalue weighted by molar-refractivity contribution is 8.58. The minimum atomic E-state index is -4.23. The van der Waals surface area contributed by atoms with Crippen molar-refractivity contribution in [2.75, 3.05) is 11.5 Å². The third kappa shape index (κ3) is 3.91. The van der Waals surface area contributed by atoms with Crippen LogP contribution in [0.5, 0.6) is 0 Å². The lowest BCUT2D eigenvalue weighted by molar-refractivity contribution is -0.380. The fraction of sp³-hybridized carbons (Fsp3) is 0.250. The molecule has 1 atom stereocenters. The Balaban J connectivity index is 2.42. The first kappa shape index (κ1) is 26.8. The Kier molecular flexibility index (Phi) is 7.23. The number of amides is 1. The maximum absolute atomic E-state index is 13.7. The topological polar surface area (TPSA) is 159 Å². The van der Waals surface area contributed by atoms with Gasteiger partial charge in [0.2, 0.25) is 5.91 Å². The van der Waals surface area contributed by atoms with Gasteiger partial charge in [-0.1, -0.05) is 55.5 Å². The molecular formula is C24H27N3O7S2. The minimum absolute atomic E-state index is 0.0741. The summed E-state index contributed by atoms with van der Waals surface area (Å²) in [5.74, 6) is -3.88. The molecule has 0 saturated heterocycles. The summed E-state index contributed by atoms with van der Waals surface area (Å²) in [7, 11) is -4.23. The van der Waals surface area contributed by atoms with Crippen molar-refractivity contribution in [3.63, 3.8) is 0 Å². The normalized spacial score (nSPS) is 18.1. The van der Waals surface area contributed by atoms with Gasteiger partial charge >= 0.3 is 16.9 Å². The summed E-state index contributed by atoms with van der Waals surface area (Å²) >= 11 is 0.729. The van der Waals surface area contributed by atoms with E-state index in [2.05, 4.69) is 16.4 Å². The molecular weight excluding hydrogens is 506 g/mol. The number of carbonyl (C=O) groups excluding carboxylic acids is 1. The van der Waals surface area contributed by atoms with Gasteiger partial charge in [0.25, 0.3) is 0 Å². The van der Waals surface area contributed by atoms with Gasteiger partial charge in [-0.15, -0.1) is 0 Å². The summed E-state index contributed by atoms with van der Waals surface area (Å²) in [6.45, 7) is 8.71. The summed E-state index contributed by atoms with van der Waals surface area (Å²) < 4.78 is 3.11. The van der Waals surface area contributed by atoms with Gasteiger partial charge in [0.15, 0.2) is 0 Å². The second-order valence-corrected chi connectivity index (χ2v) is 14.8. The number of hydrogen-bond donors (Lipinski definition) is 4. The van der Waals surface area contributed by atoms with Gasteiger partial charge in [-0.2, -0.15) is 9.35 Å². The molecule has 36 heavy (non-hydrogen) atoms. The highest BCUT2D eigenvalue weighted by Crippen LogP contribution is 2.85. The van der Waals surface area contributed by atoms with E-state index < -0.39 is 49.2 Å². The van der Waals surface area contributed by atoms with Crippen molar-refractivity contribution >= 4 is 55.2 Å². The Hall–Kier alpha value is -3.77. The first-order valence-corrected chi connectivity index (χ1v) is 14.5. The zero-order chi connectivity index (χ0) is 26.9. The van der Waals surface area contributed by atoms with E-state index in [0.717, 1.165) is 11.3 Å². The highest BCUT2D eigenvalue weighted by Gasteiger charge is 2.57. The molecule has 1 aromatic carbocycles. The maximum atomic E-state index is 13.7. The number of nitrogens with one attached hydrogen (secondary N) is 1. The van der Waals surface area contributed by atoms with Crippen molar-refractivity contribution in [3.8, 4) is 0 Å². The number of aliphatic imine (C=N–C) groups is 1. The Morgan fingerprint density at radius 1 is 1.08 bits per heavy atom. The maximum Gasteiger partial charge on any atom is 0.339 e. The molecule has 0 aliphatic carbocycles. The molecule has 10 nitrogen and oxygen atoms in total. The minimum Gasteiger partial charge on any atom is -0.478 e. The van der Waals surface area contributed by atoms with E-state index in [1.165, 1.54) is 12.1 Å². The van der Waals surface area contributed by atoms with Crippen molar-refractivity contribution in [2.45, 2.75) is 26.7 Å². The predicted octanol–water partition coefficient (Wildman–Crippen LogP) is 4.41. The quantitative estimate of drug-likeness (QED) is 0.152. The van der Waals surface area contributed by atoms with E-state index >= 15 is 0 Å². The standard InChI is InChI=1S/C24H27N3O7S2/c1-5-36(6-2,26-21(28)14(3)15-10-8-7-9-11-15)20(16-12-13-17(35-16)27(33)34)18(23(29)30)19(24(31)32)22(36)25-4/h7-14,36H,4-6H2,1-3H3,(H,26,28)(H,29,30)(H,31,32). The summed E-state index contributed by atoms with van der Waals surface area (Å²) in [4.78, 5) is 53.9. The van der Waals surface area contributed by atoms with E-state index in [0.29, 0.717) is 5.56 Å². The molecule has 1 unspecified atom stereocenters. The molecule has 0 bridgehead atoms. The van der Waals surface area contributed by atoms with Crippen LogP contribution in [0.4, 0.5) is 5.00 Å². The SMILES string of the molecule is C=NC1=C(C(=O)O)C(C(=O)O)=C(c2ccc([N+](=O)[O-])s2)[SH]1(CC)(CC)NC(=O)C(C)c1ccccc1. The van der Waals surface area contributed by atoms with Crippen LogP contribution in [0.2, 0.25) is 0 Å². The van der Waals surface area contributed by atoms with Crippen LogP contribution in [0.15, 0.2) is 63.6 Å². The molecule has 2 aromatic rings. The molecule has 0 spiro atoms. The summed E-state index contributed by atoms with van der Waals surface area (Å²) in [6, 6.07) is 11.6. The molecule has 12 heteroatoms. The van der Waals surface area contributed by atoms with E-state index in [9.17, 15) is 34.7 Å². The monoisotopic (exact) mass is 533 g/mol. The summed E-state index contributed by atoms with van der Waals surface area (Å²) in [5, 5.41) is 31.4. The van der Waals surface area contributed by atoms with E-state index in [-0.39, 0.29) is 31.3 Å². The number of thiophene rings is 1. The third-order valence-corrected chi connectivity index (χ3v) is 14.5. The number of carboxylic acid groups (broad SMARTS) is 2. The number of thiol groups is 1. The van der Waals surface area contributed by atoms with Gasteiger partial charge in [-0.05, 0) is 36.8 Å². The van der Waals surface area contributed by atoms with Crippen LogP contribution in [0.25, 0.3) is 4.91 Å². The predicted molar refractivity (Wildman–Crippen MR) is 143 cm³/mol. The van der Waals surface area contributed by atoms with Gasteiger partial charge in [0, 0.05) is 15.8 Å². The van der Waals surface area contributed by atoms with Crippen LogP contribution in [0, 0.1) is 10.1 Å². The number of benzene rings is 1. The number of carboxylic acids is 2. The van der Waals surface area contributed by atoms with Gasteiger partial charge in [-0.3, -0.25) is 19.9 Å². The number of hydrogen-bond acceptors (Lipinski definition) is 7. The molecule has 1 aromatic heterocycles. The highest BCUT2D eigenvalue weighted by atomic mass is 32.3. The van der Waals surface area contributed by atoms with Crippen LogP contribution in [-0.2, 0) is 14.4 Å². The average Bonchev–Trinajstić information content (AvgIpc) is 3.44. The second-order valence-electron chi connectivity index (χ2n) is 8.33. The van der Waals surface area contributed by atoms with Gasteiger partial charge in [0.1, 0.15) is 5.57 Å². The van der Waals surface area contributed by atoms with Gasteiger partial charge in [0.05, 0.1) is 21.4 Å². The Bertz CT molecular complexity index is 1340. The molecule has 1 amide bonds. The zero-order valence-corrected chi connectivity index (χ0v) is 21.6. The molecule has 0 fully saturated rings. The Morgan fingerprint density at radius 2 is 1.67 bits per heavy atom. The van der Waals surface area contributed by atoms with Crippen LogP contribution < -0.4 is 4.72 Å². The molecule has 0 radical (unpaired) electrons. The summed E-state index contributed by atoms with van der Waals surface area (Å²) in [6.07, 6.45) is 0. The number of aliphatic carboxylic acids is 2. The Morgan fingerprint density at radius 3 is 2.11 bits per heavy atom. The Labute approximate surface area is 211 Å². The second kappa shape index (κ2) is 9.70. The first-order chi connectivity index (χ1) is 17.0. The third-order valence-electron chi connectivity index (χ3n) is 6.81. The molecule has 2 heterocycles. The molecule has 3 rings (SSSR count). The van der Waals surface area contributed by atoms with Gasteiger partial charge in [-0.25, -0.2) is 9.59 Å². The van der Waals surface area contributed by atoms with Crippen molar-refractivity contribution in [2.24, 2.45) is 4.99 Å². The lowest BCUT2D eigenvalue weighted by Crippen LogP contribution is -2.44. The summed E-state index contributed by atoms with van der Waals surface area (Å²) in [5.41, 5.74) is -0.377. The smallest absolute Gasteiger partial charge is 0.339 e. The largest absolute Gasteiger partial charge is 0.478 e. The lowest BCUT2D eigenvalue weighted by atomic mass is 10.0. The number of rotatable bonds is 10. The van der Waals surface area contributed by atoms with E-state index in [1.807, 2.05) is 6.07 Å². The van der Waals surface area contributed by atoms with Crippen LogP contribution in [0.3, 0.4) is 0 Å². The van der Waals surface area contributed by atoms with Crippen molar-refractivity contribution in [1.82, 2.24) is 4.72 Å². The van der Waals surface area contributed by atoms with Crippen molar-refractivity contribution < 1.29 is 29.5 Å². The zero-order valence-electron chi connectivity index (χ0n) is 19.9. The average molecular weight is 534 g/mol. The molecule has 1 aliphatic heterocycles. The number of nitro groups is 1. The van der Waals surface area contributed by atoms with Crippen LogP contribution in [-0.4, -0.2) is 51.2 Å². The van der Waals surface area contributed by atoms with Crippen molar-refractivity contribution in [3.05, 3.63) is 79.2 Å². The van der Waals surface area contributed by atoms with Gasteiger partial charge < -0.3 is 14.9 Å². The van der Waals surface area contributed by atoms with Crippen molar-refractivity contribution in [1.29, 1.82) is 0 Å². The molecule has 1 aliphatic rings. The van der Waals surface area contributed by atoms with Crippen LogP contribution >= 0.6 is 20.7 Å².